The third-order valence-electron chi connectivity index (χ3n) is 4.71. The maximum atomic E-state index is 13.1. The lowest BCUT2D eigenvalue weighted by molar-refractivity contribution is -0.124. The second kappa shape index (κ2) is 7.28. The minimum atomic E-state index is 0.00625. The SMILES string of the molecule is CC[N+]1(C)C(=O)C(I)=C(Oc2cccc(OC)c2)c2ccc(OC)cc21. The molecule has 0 fully saturated rings. The first-order valence-electron chi connectivity index (χ1n) is 8.25. The summed E-state index contributed by atoms with van der Waals surface area (Å²) in [6.07, 6.45) is 0. The van der Waals surface area contributed by atoms with Gasteiger partial charge in [-0.15, -0.1) is 0 Å². The Morgan fingerprint density at radius 2 is 1.65 bits per heavy atom. The number of hydrogen-bond acceptors (Lipinski definition) is 4. The van der Waals surface area contributed by atoms with E-state index in [2.05, 4.69) is 22.6 Å². The molecule has 3 rings (SSSR count). The lowest BCUT2D eigenvalue weighted by Gasteiger charge is -2.35. The normalized spacial score (nSPS) is 19.2. The molecule has 2 aromatic carbocycles. The van der Waals surface area contributed by atoms with Gasteiger partial charge >= 0.3 is 5.91 Å². The highest BCUT2D eigenvalue weighted by Crippen LogP contribution is 2.44. The summed E-state index contributed by atoms with van der Waals surface area (Å²) in [7, 11) is 5.15. The first-order chi connectivity index (χ1) is 12.4. The summed E-state index contributed by atoms with van der Waals surface area (Å²) in [5, 5.41) is 0. The number of benzene rings is 2. The summed E-state index contributed by atoms with van der Waals surface area (Å²) in [5.41, 5.74) is 1.76. The van der Waals surface area contributed by atoms with E-state index in [4.69, 9.17) is 14.2 Å². The first-order valence-corrected chi connectivity index (χ1v) is 9.33. The molecule has 0 bridgehead atoms. The number of nitrogens with zero attached hydrogens (tertiary/aromatic N) is 1. The minimum absolute atomic E-state index is 0.00625. The second-order valence-electron chi connectivity index (χ2n) is 6.12. The second-order valence-corrected chi connectivity index (χ2v) is 7.20. The average Bonchev–Trinajstić information content (AvgIpc) is 2.69. The van der Waals surface area contributed by atoms with Gasteiger partial charge in [0.15, 0.2) is 15.0 Å². The number of carbonyl (C=O) groups excluding carboxylic acids is 1. The molecule has 0 saturated carbocycles. The van der Waals surface area contributed by atoms with Gasteiger partial charge in [-0.3, -0.25) is 0 Å². The molecule has 1 heterocycles. The zero-order chi connectivity index (χ0) is 18.9. The Bertz CT molecular complexity index is 893. The number of carbonyl (C=O) groups is 1. The Morgan fingerprint density at radius 3 is 2.31 bits per heavy atom. The topological polar surface area (TPSA) is 44.8 Å². The molecule has 0 radical (unpaired) electrons. The van der Waals surface area contributed by atoms with E-state index in [1.54, 1.807) is 20.3 Å². The van der Waals surface area contributed by atoms with Gasteiger partial charge in [0, 0.05) is 12.1 Å². The van der Waals surface area contributed by atoms with Gasteiger partial charge in [0.1, 0.15) is 17.2 Å². The Kier molecular flexibility index (Phi) is 5.24. The van der Waals surface area contributed by atoms with Crippen LogP contribution in [0.1, 0.15) is 12.5 Å². The molecule has 0 N–H and O–H groups in total. The highest BCUT2D eigenvalue weighted by Gasteiger charge is 2.44. The van der Waals surface area contributed by atoms with Gasteiger partial charge in [0.2, 0.25) is 0 Å². The van der Waals surface area contributed by atoms with Crippen molar-refractivity contribution in [2.45, 2.75) is 6.92 Å². The highest BCUT2D eigenvalue weighted by molar-refractivity contribution is 14.1. The van der Waals surface area contributed by atoms with Crippen molar-refractivity contribution in [1.82, 2.24) is 4.48 Å². The molecule has 0 aromatic heterocycles. The van der Waals surface area contributed by atoms with Crippen LogP contribution in [0.5, 0.6) is 17.2 Å². The van der Waals surface area contributed by atoms with Crippen molar-refractivity contribution < 1.29 is 19.0 Å². The molecule has 6 heteroatoms. The van der Waals surface area contributed by atoms with Crippen LogP contribution in [-0.2, 0) is 4.79 Å². The number of methoxy groups -OCH3 is 2. The zero-order valence-corrected chi connectivity index (χ0v) is 17.4. The summed E-state index contributed by atoms with van der Waals surface area (Å²) in [5.74, 6) is 2.60. The molecule has 0 saturated heterocycles. The van der Waals surface area contributed by atoms with E-state index in [1.165, 1.54) is 0 Å². The molecule has 2 aromatic rings. The van der Waals surface area contributed by atoms with Crippen molar-refractivity contribution in [3.8, 4) is 17.2 Å². The fourth-order valence-corrected chi connectivity index (χ4v) is 3.91. The molecule has 5 nitrogen and oxygen atoms in total. The maximum Gasteiger partial charge on any atom is 0.360 e. The molecular weight excluding hydrogens is 445 g/mol. The van der Waals surface area contributed by atoms with Crippen LogP contribution in [0, 0.1) is 0 Å². The van der Waals surface area contributed by atoms with E-state index in [1.807, 2.05) is 50.4 Å². The first kappa shape index (κ1) is 18.7. The molecule has 136 valence electrons. The van der Waals surface area contributed by atoms with E-state index in [-0.39, 0.29) is 10.4 Å². The summed E-state index contributed by atoms with van der Waals surface area (Å²) < 4.78 is 17.5. The van der Waals surface area contributed by atoms with Crippen LogP contribution in [0.25, 0.3) is 5.76 Å². The van der Waals surface area contributed by atoms with Crippen molar-refractivity contribution in [3.63, 3.8) is 0 Å². The molecule has 26 heavy (non-hydrogen) atoms. The van der Waals surface area contributed by atoms with Crippen LogP contribution in [-0.4, -0.2) is 33.7 Å². The van der Waals surface area contributed by atoms with Gasteiger partial charge in [-0.2, -0.15) is 0 Å². The summed E-state index contributed by atoms with van der Waals surface area (Å²) >= 11 is 2.08. The number of rotatable bonds is 5. The summed E-state index contributed by atoms with van der Waals surface area (Å²) in [6.45, 7) is 2.64. The van der Waals surface area contributed by atoms with Crippen LogP contribution in [0.4, 0.5) is 5.69 Å². The predicted molar refractivity (Wildman–Crippen MR) is 111 cm³/mol. The molecule has 0 aliphatic carbocycles. The molecule has 1 amide bonds. The fourth-order valence-electron chi connectivity index (χ4n) is 2.98. The van der Waals surface area contributed by atoms with Gasteiger partial charge in [0.05, 0.1) is 33.4 Å². The van der Waals surface area contributed by atoms with E-state index >= 15 is 0 Å². The average molecular weight is 466 g/mol. The van der Waals surface area contributed by atoms with E-state index in [0.717, 1.165) is 11.3 Å². The Labute approximate surface area is 166 Å². The van der Waals surface area contributed by atoms with E-state index in [9.17, 15) is 4.79 Å². The van der Waals surface area contributed by atoms with Gasteiger partial charge in [-0.25, -0.2) is 9.28 Å². The molecular formula is C20H21INO4+. The quantitative estimate of drug-likeness (QED) is 0.485. The monoisotopic (exact) mass is 466 g/mol. The van der Waals surface area contributed by atoms with Crippen molar-refractivity contribution in [2.24, 2.45) is 0 Å². The summed E-state index contributed by atoms with van der Waals surface area (Å²) in [6, 6.07) is 13.1. The van der Waals surface area contributed by atoms with Crippen LogP contribution < -0.4 is 18.7 Å². The Balaban J connectivity index is 2.14. The summed E-state index contributed by atoms with van der Waals surface area (Å²) in [4.78, 5) is 13.1. The van der Waals surface area contributed by atoms with Gasteiger partial charge in [-0.05, 0) is 53.8 Å². The fraction of sp³-hybridized carbons (Fsp3) is 0.250. The van der Waals surface area contributed by atoms with Crippen LogP contribution >= 0.6 is 22.6 Å². The molecule has 1 aliphatic heterocycles. The van der Waals surface area contributed by atoms with Crippen LogP contribution in [0.15, 0.2) is 46.0 Å². The van der Waals surface area contributed by atoms with Crippen molar-refractivity contribution in [2.75, 3.05) is 27.8 Å². The van der Waals surface area contributed by atoms with E-state index in [0.29, 0.717) is 33.1 Å². The number of amides is 1. The molecule has 1 unspecified atom stereocenters. The highest BCUT2D eigenvalue weighted by atomic mass is 127. The Morgan fingerprint density at radius 1 is 1.00 bits per heavy atom. The van der Waals surface area contributed by atoms with Crippen LogP contribution in [0.3, 0.4) is 0 Å². The largest absolute Gasteiger partial charge is 0.497 e. The predicted octanol–water partition coefficient (Wildman–Crippen LogP) is 4.38. The van der Waals surface area contributed by atoms with Crippen molar-refractivity contribution >= 4 is 39.9 Å². The minimum Gasteiger partial charge on any atom is -0.497 e. The third kappa shape index (κ3) is 3.07. The van der Waals surface area contributed by atoms with Gasteiger partial charge in [0.25, 0.3) is 0 Å². The standard InChI is InChI=1S/C20H21INO4/c1-5-22(2)17-12-14(25-4)9-10-16(17)19(18(21)20(22)23)26-15-8-6-7-13(11-15)24-3/h6-12H,5H2,1-4H3/q+1. The number of hydrogen-bond donors (Lipinski definition) is 0. The lowest BCUT2D eigenvalue weighted by Crippen LogP contribution is -2.53. The molecule has 1 aliphatic rings. The van der Waals surface area contributed by atoms with Crippen molar-refractivity contribution in [1.29, 1.82) is 0 Å². The number of likely N-dealkylation sites (N-methyl/N-ethyl adjacent to an activating group) is 1. The third-order valence-corrected chi connectivity index (χ3v) is 5.66. The van der Waals surface area contributed by atoms with Crippen LogP contribution in [0.2, 0.25) is 0 Å². The number of fused-ring (bicyclic) bond motifs is 1. The zero-order valence-electron chi connectivity index (χ0n) is 15.2. The maximum absolute atomic E-state index is 13.1. The molecule has 1 atom stereocenters. The number of halogens is 1. The number of ether oxygens (including phenoxy) is 3. The van der Waals surface area contributed by atoms with Gasteiger partial charge < -0.3 is 14.2 Å². The Hall–Kier alpha value is -2.06. The van der Waals surface area contributed by atoms with Crippen molar-refractivity contribution in [3.05, 3.63) is 51.6 Å². The van der Waals surface area contributed by atoms with Gasteiger partial charge in [-0.1, -0.05) is 6.07 Å². The van der Waals surface area contributed by atoms with E-state index < -0.39 is 0 Å². The smallest absolute Gasteiger partial charge is 0.360 e. The number of quaternary nitrogens is 1. The molecule has 0 spiro atoms. The lowest BCUT2D eigenvalue weighted by atomic mass is 10.0.